The average molecular weight is 264 g/mol. The number of amides is 1. The van der Waals surface area contributed by atoms with Crippen LogP contribution in [0.5, 0.6) is 11.5 Å². The van der Waals surface area contributed by atoms with Gasteiger partial charge in [-0.2, -0.15) is 0 Å². The first-order valence-electron chi connectivity index (χ1n) is 6.59. The minimum absolute atomic E-state index is 0.0226. The van der Waals surface area contributed by atoms with Crippen molar-refractivity contribution in [3.63, 3.8) is 0 Å². The highest BCUT2D eigenvalue weighted by atomic mass is 16.5. The van der Waals surface area contributed by atoms with Crippen molar-refractivity contribution in [2.45, 2.75) is 25.3 Å². The zero-order chi connectivity index (χ0) is 13.7. The molecule has 1 saturated carbocycles. The Kier molecular flexibility index (Phi) is 4.63. The molecular weight excluding hydrogens is 244 g/mol. The van der Waals surface area contributed by atoms with E-state index >= 15 is 0 Å². The highest BCUT2D eigenvalue weighted by Crippen LogP contribution is 2.26. The first-order valence-corrected chi connectivity index (χ1v) is 6.59. The van der Waals surface area contributed by atoms with Gasteiger partial charge in [-0.1, -0.05) is 0 Å². The standard InChI is InChI=1S/C14H20N2O3/c1-19-13-6-3-10(9-12(13)17)14(18)16-8-2-7-15-11-4-5-11/h3,6,9,11,15,17H,2,4-5,7-8H2,1H3,(H,16,18). The molecule has 5 nitrogen and oxygen atoms in total. The van der Waals surface area contributed by atoms with Crippen LogP contribution in [0, 0.1) is 0 Å². The van der Waals surface area contributed by atoms with Crippen LogP contribution in [0.2, 0.25) is 0 Å². The average Bonchev–Trinajstić information content (AvgIpc) is 3.22. The molecule has 0 bridgehead atoms. The number of carbonyl (C=O) groups is 1. The van der Waals surface area contributed by atoms with Crippen molar-refractivity contribution >= 4 is 5.91 Å². The Morgan fingerprint density at radius 3 is 2.84 bits per heavy atom. The fourth-order valence-corrected chi connectivity index (χ4v) is 1.82. The summed E-state index contributed by atoms with van der Waals surface area (Å²) in [7, 11) is 1.47. The molecule has 1 fully saturated rings. The molecule has 0 spiro atoms. The van der Waals surface area contributed by atoms with Gasteiger partial charge in [0, 0.05) is 18.2 Å². The molecule has 0 radical (unpaired) electrons. The number of carbonyl (C=O) groups excluding carboxylic acids is 1. The largest absolute Gasteiger partial charge is 0.504 e. The lowest BCUT2D eigenvalue weighted by Crippen LogP contribution is -2.27. The second-order valence-corrected chi connectivity index (χ2v) is 4.72. The van der Waals surface area contributed by atoms with Crippen molar-refractivity contribution in [2.24, 2.45) is 0 Å². The van der Waals surface area contributed by atoms with E-state index in [-0.39, 0.29) is 11.7 Å². The van der Waals surface area contributed by atoms with Crippen molar-refractivity contribution in [1.29, 1.82) is 0 Å². The summed E-state index contributed by atoms with van der Waals surface area (Å²) in [6.07, 6.45) is 3.46. The van der Waals surface area contributed by atoms with E-state index in [9.17, 15) is 9.90 Å². The Balaban J connectivity index is 1.73. The number of phenols is 1. The zero-order valence-electron chi connectivity index (χ0n) is 11.1. The van der Waals surface area contributed by atoms with Crippen LogP contribution in [-0.4, -0.2) is 37.3 Å². The zero-order valence-corrected chi connectivity index (χ0v) is 11.1. The second kappa shape index (κ2) is 6.43. The van der Waals surface area contributed by atoms with Crippen molar-refractivity contribution in [3.8, 4) is 11.5 Å². The molecule has 0 saturated heterocycles. The minimum Gasteiger partial charge on any atom is -0.504 e. The monoisotopic (exact) mass is 264 g/mol. The van der Waals surface area contributed by atoms with Gasteiger partial charge in [-0.15, -0.1) is 0 Å². The van der Waals surface area contributed by atoms with E-state index in [1.807, 2.05) is 0 Å². The number of ether oxygens (including phenoxy) is 1. The molecule has 1 amide bonds. The van der Waals surface area contributed by atoms with Crippen LogP contribution in [0.3, 0.4) is 0 Å². The van der Waals surface area contributed by atoms with Crippen LogP contribution in [-0.2, 0) is 0 Å². The van der Waals surface area contributed by atoms with Crippen LogP contribution in [0.1, 0.15) is 29.6 Å². The quantitative estimate of drug-likeness (QED) is 0.649. The van der Waals surface area contributed by atoms with Gasteiger partial charge < -0.3 is 20.5 Å². The van der Waals surface area contributed by atoms with E-state index in [1.54, 1.807) is 12.1 Å². The topological polar surface area (TPSA) is 70.6 Å². The van der Waals surface area contributed by atoms with Gasteiger partial charge >= 0.3 is 0 Å². The number of nitrogens with one attached hydrogen (secondary N) is 2. The van der Waals surface area contributed by atoms with E-state index in [4.69, 9.17) is 4.74 Å². The van der Waals surface area contributed by atoms with Gasteiger partial charge in [0.15, 0.2) is 11.5 Å². The Morgan fingerprint density at radius 1 is 1.42 bits per heavy atom. The molecule has 2 rings (SSSR count). The van der Waals surface area contributed by atoms with Gasteiger partial charge in [0.25, 0.3) is 5.91 Å². The van der Waals surface area contributed by atoms with Gasteiger partial charge in [0.2, 0.25) is 0 Å². The second-order valence-electron chi connectivity index (χ2n) is 4.72. The number of methoxy groups -OCH3 is 1. The summed E-state index contributed by atoms with van der Waals surface area (Å²) in [5, 5.41) is 15.8. The maximum atomic E-state index is 11.8. The maximum Gasteiger partial charge on any atom is 0.251 e. The number of phenolic OH excluding ortho intramolecular Hbond substituents is 1. The van der Waals surface area contributed by atoms with E-state index in [2.05, 4.69) is 10.6 Å². The summed E-state index contributed by atoms with van der Waals surface area (Å²) in [4.78, 5) is 11.8. The molecule has 0 unspecified atom stereocenters. The number of aromatic hydroxyl groups is 1. The fourth-order valence-electron chi connectivity index (χ4n) is 1.82. The van der Waals surface area contributed by atoms with Gasteiger partial charge in [-0.25, -0.2) is 0 Å². The van der Waals surface area contributed by atoms with Crippen LogP contribution in [0.15, 0.2) is 18.2 Å². The molecule has 1 aliphatic rings. The highest BCUT2D eigenvalue weighted by molar-refractivity contribution is 5.94. The molecule has 3 N–H and O–H groups in total. The lowest BCUT2D eigenvalue weighted by Gasteiger charge is -2.08. The molecule has 0 aromatic heterocycles. The van der Waals surface area contributed by atoms with Crippen LogP contribution in [0.25, 0.3) is 0 Å². The smallest absolute Gasteiger partial charge is 0.251 e. The predicted octanol–water partition coefficient (Wildman–Crippen LogP) is 1.27. The van der Waals surface area contributed by atoms with Gasteiger partial charge in [-0.05, 0) is 44.0 Å². The van der Waals surface area contributed by atoms with Gasteiger partial charge in [0.05, 0.1) is 7.11 Å². The van der Waals surface area contributed by atoms with Crippen molar-refractivity contribution < 1.29 is 14.6 Å². The van der Waals surface area contributed by atoms with Crippen LogP contribution >= 0.6 is 0 Å². The first kappa shape index (κ1) is 13.7. The Bertz CT molecular complexity index is 444. The summed E-state index contributed by atoms with van der Waals surface area (Å²) in [5.74, 6) is 0.167. The SMILES string of the molecule is COc1ccc(C(=O)NCCCNC2CC2)cc1O. The number of hydrogen-bond acceptors (Lipinski definition) is 4. The Hall–Kier alpha value is -1.75. The van der Waals surface area contributed by atoms with E-state index < -0.39 is 0 Å². The lowest BCUT2D eigenvalue weighted by molar-refractivity contribution is 0.0953. The van der Waals surface area contributed by atoms with Gasteiger partial charge in [0.1, 0.15) is 0 Å². The third kappa shape index (κ3) is 4.13. The van der Waals surface area contributed by atoms with Crippen molar-refractivity contribution in [2.75, 3.05) is 20.2 Å². The van der Waals surface area contributed by atoms with E-state index in [0.717, 1.165) is 13.0 Å². The minimum atomic E-state index is -0.177. The Morgan fingerprint density at radius 2 is 2.21 bits per heavy atom. The summed E-state index contributed by atoms with van der Waals surface area (Å²) >= 11 is 0. The summed E-state index contributed by atoms with van der Waals surface area (Å²) in [6, 6.07) is 5.33. The first-order chi connectivity index (χ1) is 9.20. The van der Waals surface area contributed by atoms with Gasteiger partial charge in [-0.3, -0.25) is 4.79 Å². The molecular formula is C14H20N2O3. The summed E-state index contributed by atoms with van der Waals surface area (Å²) < 4.78 is 4.93. The number of hydrogen-bond donors (Lipinski definition) is 3. The fraction of sp³-hybridized carbons (Fsp3) is 0.500. The number of rotatable bonds is 7. The summed E-state index contributed by atoms with van der Waals surface area (Å²) in [5.41, 5.74) is 0.438. The maximum absolute atomic E-state index is 11.8. The predicted molar refractivity (Wildman–Crippen MR) is 72.6 cm³/mol. The third-order valence-corrected chi connectivity index (χ3v) is 3.09. The molecule has 0 aliphatic heterocycles. The molecule has 0 heterocycles. The summed E-state index contributed by atoms with van der Waals surface area (Å²) in [6.45, 7) is 1.56. The normalized spacial score (nSPS) is 14.2. The molecule has 5 heteroatoms. The van der Waals surface area contributed by atoms with Crippen LogP contribution < -0.4 is 15.4 Å². The third-order valence-electron chi connectivity index (χ3n) is 3.09. The molecule has 0 atom stereocenters. The molecule has 1 aromatic rings. The molecule has 104 valence electrons. The van der Waals surface area contributed by atoms with Crippen molar-refractivity contribution in [1.82, 2.24) is 10.6 Å². The highest BCUT2D eigenvalue weighted by Gasteiger charge is 2.19. The van der Waals surface area contributed by atoms with E-state index in [1.165, 1.54) is 26.0 Å². The van der Waals surface area contributed by atoms with Crippen LogP contribution in [0.4, 0.5) is 0 Å². The molecule has 1 aromatic carbocycles. The molecule has 1 aliphatic carbocycles. The molecule has 19 heavy (non-hydrogen) atoms. The lowest BCUT2D eigenvalue weighted by atomic mass is 10.2. The van der Waals surface area contributed by atoms with E-state index in [0.29, 0.717) is 23.9 Å². The van der Waals surface area contributed by atoms with Crippen molar-refractivity contribution in [3.05, 3.63) is 23.8 Å². The Labute approximate surface area is 113 Å². The number of benzene rings is 1.